The summed E-state index contributed by atoms with van der Waals surface area (Å²) in [7, 11) is 0. The Morgan fingerprint density at radius 1 is 1.28 bits per heavy atom. The SMILES string of the molecule is O=C(O)C1CCC(=O)N(CC2CC3CCC2C3)C1. The summed E-state index contributed by atoms with van der Waals surface area (Å²) in [6, 6.07) is 0. The Labute approximate surface area is 107 Å². The Morgan fingerprint density at radius 2 is 2.11 bits per heavy atom. The van der Waals surface area contributed by atoms with Gasteiger partial charge in [-0.05, 0) is 43.4 Å². The number of carboxylic acid groups (broad SMARTS) is 1. The van der Waals surface area contributed by atoms with Crippen LogP contribution in [0.1, 0.15) is 38.5 Å². The average Bonchev–Trinajstić information content (AvgIpc) is 2.93. The molecule has 3 aliphatic rings. The lowest BCUT2D eigenvalue weighted by Gasteiger charge is -2.34. The van der Waals surface area contributed by atoms with E-state index in [9.17, 15) is 9.59 Å². The molecule has 2 aliphatic carbocycles. The molecule has 4 unspecified atom stereocenters. The third kappa shape index (κ3) is 2.13. The second-order valence-corrected chi connectivity index (χ2v) is 6.31. The summed E-state index contributed by atoms with van der Waals surface area (Å²) in [5.74, 6) is 1.39. The first-order valence-electron chi connectivity index (χ1n) is 7.14. The van der Waals surface area contributed by atoms with Crippen molar-refractivity contribution in [3.8, 4) is 0 Å². The number of carboxylic acids is 1. The van der Waals surface area contributed by atoms with Gasteiger partial charge in [0.05, 0.1) is 5.92 Å². The molecule has 18 heavy (non-hydrogen) atoms. The lowest BCUT2D eigenvalue weighted by molar-refractivity contribution is -0.147. The molecule has 4 heteroatoms. The van der Waals surface area contributed by atoms with Gasteiger partial charge in [-0.2, -0.15) is 0 Å². The summed E-state index contributed by atoms with van der Waals surface area (Å²) < 4.78 is 0. The lowest BCUT2D eigenvalue weighted by atomic mass is 9.87. The lowest BCUT2D eigenvalue weighted by Crippen LogP contribution is -2.45. The predicted molar refractivity (Wildman–Crippen MR) is 65.9 cm³/mol. The average molecular weight is 251 g/mol. The summed E-state index contributed by atoms with van der Waals surface area (Å²) >= 11 is 0. The van der Waals surface area contributed by atoms with Crippen LogP contribution >= 0.6 is 0 Å². The summed E-state index contributed by atoms with van der Waals surface area (Å²) in [4.78, 5) is 24.7. The monoisotopic (exact) mass is 251 g/mol. The van der Waals surface area contributed by atoms with E-state index >= 15 is 0 Å². The molecule has 1 heterocycles. The highest BCUT2D eigenvalue weighted by molar-refractivity contribution is 5.80. The van der Waals surface area contributed by atoms with Gasteiger partial charge in [0.2, 0.25) is 5.91 Å². The van der Waals surface area contributed by atoms with Crippen molar-refractivity contribution in [1.82, 2.24) is 4.90 Å². The minimum absolute atomic E-state index is 0.162. The largest absolute Gasteiger partial charge is 0.481 e. The van der Waals surface area contributed by atoms with E-state index in [2.05, 4.69) is 0 Å². The van der Waals surface area contributed by atoms with Crippen LogP contribution in [0.5, 0.6) is 0 Å². The first-order chi connectivity index (χ1) is 8.63. The molecule has 4 nitrogen and oxygen atoms in total. The van der Waals surface area contributed by atoms with Crippen molar-refractivity contribution in [2.24, 2.45) is 23.7 Å². The molecule has 0 radical (unpaired) electrons. The van der Waals surface area contributed by atoms with Crippen LogP contribution in [0.15, 0.2) is 0 Å². The minimum Gasteiger partial charge on any atom is -0.481 e. The van der Waals surface area contributed by atoms with Crippen molar-refractivity contribution in [1.29, 1.82) is 0 Å². The highest BCUT2D eigenvalue weighted by atomic mass is 16.4. The number of carbonyl (C=O) groups is 2. The van der Waals surface area contributed by atoms with Crippen LogP contribution in [-0.4, -0.2) is 35.0 Å². The Bertz CT molecular complexity index is 368. The Hall–Kier alpha value is -1.06. The molecule has 0 aromatic heterocycles. The molecule has 100 valence electrons. The second-order valence-electron chi connectivity index (χ2n) is 6.31. The number of nitrogens with zero attached hydrogens (tertiary/aromatic N) is 1. The van der Waals surface area contributed by atoms with E-state index in [1.165, 1.54) is 25.7 Å². The fourth-order valence-corrected chi connectivity index (χ4v) is 4.18. The summed E-state index contributed by atoms with van der Waals surface area (Å²) in [6.45, 7) is 1.24. The zero-order valence-electron chi connectivity index (χ0n) is 10.7. The number of likely N-dealkylation sites (tertiary alicyclic amines) is 1. The molecule has 2 bridgehead atoms. The molecule has 4 atom stereocenters. The number of aliphatic carboxylic acids is 1. The van der Waals surface area contributed by atoms with Crippen LogP contribution in [0.25, 0.3) is 0 Å². The van der Waals surface area contributed by atoms with Crippen LogP contribution in [0.3, 0.4) is 0 Å². The van der Waals surface area contributed by atoms with Crippen molar-refractivity contribution in [2.45, 2.75) is 38.5 Å². The third-order valence-electron chi connectivity index (χ3n) is 5.19. The van der Waals surface area contributed by atoms with Gasteiger partial charge in [-0.3, -0.25) is 9.59 Å². The van der Waals surface area contributed by atoms with E-state index in [1.807, 2.05) is 4.90 Å². The fraction of sp³-hybridized carbons (Fsp3) is 0.857. The van der Waals surface area contributed by atoms with Gasteiger partial charge >= 0.3 is 5.97 Å². The highest BCUT2D eigenvalue weighted by Gasteiger charge is 2.41. The van der Waals surface area contributed by atoms with Gasteiger partial charge < -0.3 is 10.0 Å². The zero-order valence-corrected chi connectivity index (χ0v) is 10.7. The smallest absolute Gasteiger partial charge is 0.308 e. The molecule has 1 N–H and O–H groups in total. The number of amides is 1. The molecular formula is C14H21NO3. The second kappa shape index (κ2) is 4.56. The molecule has 2 saturated carbocycles. The van der Waals surface area contributed by atoms with Crippen LogP contribution in [-0.2, 0) is 9.59 Å². The molecular weight excluding hydrogens is 230 g/mol. The maximum absolute atomic E-state index is 11.9. The van der Waals surface area contributed by atoms with Crippen LogP contribution in [0, 0.1) is 23.7 Å². The molecule has 1 amide bonds. The first-order valence-corrected chi connectivity index (χ1v) is 7.14. The van der Waals surface area contributed by atoms with Gasteiger partial charge in [0.1, 0.15) is 0 Å². The van der Waals surface area contributed by atoms with Crippen LogP contribution in [0.4, 0.5) is 0 Å². The van der Waals surface area contributed by atoms with E-state index in [-0.39, 0.29) is 11.8 Å². The maximum atomic E-state index is 11.9. The maximum Gasteiger partial charge on any atom is 0.308 e. The number of piperidine rings is 1. The number of hydrogen-bond donors (Lipinski definition) is 1. The Balaban J connectivity index is 1.60. The van der Waals surface area contributed by atoms with E-state index in [0.29, 0.717) is 25.3 Å². The fourth-order valence-electron chi connectivity index (χ4n) is 4.18. The zero-order chi connectivity index (χ0) is 12.7. The van der Waals surface area contributed by atoms with Gasteiger partial charge in [0, 0.05) is 19.5 Å². The molecule has 1 aliphatic heterocycles. The predicted octanol–water partition coefficient (Wildman–Crippen LogP) is 1.75. The first kappa shape index (κ1) is 12.0. The quantitative estimate of drug-likeness (QED) is 0.831. The number of carbonyl (C=O) groups excluding carboxylic acids is 1. The summed E-state index contributed by atoms with van der Waals surface area (Å²) in [5.41, 5.74) is 0. The Morgan fingerprint density at radius 3 is 2.72 bits per heavy atom. The molecule has 0 aromatic rings. The van der Waals surface area contributed by atoms with Gasteiger partial charge in [0.15, 0.2) is 0 Å². The summed E-state index contributed by atoms with van der Waals surface area (Å²) in [5, 5.41) is 9.07. The molecule has 3 fully saturated rings. The van der Waals surface area contributed by atoms with Gasteiger partial charge in [0.25, 0.3) is 0 Å². The topological polar surface area (TPSA) is 57.6 Å². The van der Waals surface area contributed by atoms with E-state index in [0.717, 1.165) is 18.4 Å². The van der Waals surface area contributed by atoms with Crippen molar-refractivity contribution in [2.75, 3.05) is 13.1 Å². The van der Waals surface area contributed by atoms with Gasteiger partial charge in [-0.25, -0.2) is 0 Å². The summed E-state index contributed by atoms with van der Waals surface area (Å²) in [6.07, 6.45) is 6.22. The third-order valence-corrected chi connectivity index (χ3v) is 5.19. The van der Waals surface area contributed by atoms with Crippen molar-refractivity contribution >= 4 is 11.9 Å². The normalized spacial score (nSPS) is 39.3. The molecule has 3 rings (SSSR count). The number of rotatable bonds is 3. The standard InChI is InChI=1S/C14H21NO3/c16-13-4-3-11(14(17)18)7-15(13)8-12-6-9-1-2-10(12)5-9/h9-12H,1-8H2,(H,17,18). The highest BCUT2D eigenvalue weighted by Crippen LogP contribution is 2.48. The molecule has 1 saturated heterocycles. The number of hydrogen-bond acceptors (Lipinski definition) is 2. The molecule has 0 aromatic carbocycles. The van der Waals surface area contributed by atoms with E-state index in [1.54, 1.807) is 0 Å². The van der Waals surface area contributed by atoms with Crippen LogP contribution < -0.4 is 0 Å². The van der Waals surface area contributed by atoms with Crippen molar-refractivity contribution in [3.63, 3.8) is 0 Å². The van der Waals surface area contributed by atoms with Crippen LogP contribution in [0.2, 0.25) is 0 Å². The van der Waals surface area contributed by atoms with Gasteiger partial charge in [-0.1, -0.05) is 6.42 Å². The van der Waals surface area contributed by atoms with E-state index < -0.39 is 5.97 Å². The van der Waals surface area contributed by atoms with E-state index in [4.69, 9.17) is 5.11 Å². The van der Waals surface area contributed by atoms with Gasteiger partial charge in [-0.15, -0.1) is 0 Å². The molecule has 0 spiro atoms. The van der Waals surface area contributed by atoms with Crippen molar-refractivity contribution in [3.05, 3.63) is 0 Å². The minimum atomic E-state index is -0.750. The Kier molecular flexibility index (Phi) is 3.04. The van der Waals surface area contributed by atoms with Crippen molar-refractivity contribution < 1.29 is 14.7 Å². The number of fused-ring (bicyclic) bond motifs is 2.